The van der Waals surface area contributed by atoms with Crippen LogP contribution in [0.3, 0.4) is 0 Å². The van der Waals surface area contributed by atoms with Crippen LogP contribution in [0.2, 0.25) is 0 Å². The Morgan fingerprint density at radius 3 is 1.67 bits per heavy atom. The molecule has 18 heavy (non-hydrogen) atoms. The number of carbonyl (C=O) groups is 2. The standard InChI is InChI=1S/C13H17BrN2O2/c1-6-7(2)13(16-10(5)18)11(14)8(3)12(6)15-9(4)17/h1-5H3,(H,15,17)(H,16,18). The average Bonchev–Trinajstić information content (AvgIpc) is 2.27. The molecule has 0 aliphatic heterocycles. The zero-order valence-electron chi connectivity index (χ0n) is 11.2. The summed E-state index contributed by atoms with van der Waals surface area (Å²) < 4.78 is 0.796. The van der Waals surface area contributed by atoms with E-state index in [0.717, 1.165) is 32.5 Å². The summed E-state index contributed by atoms with van der Waals surface area (Å²) in [6.45, 7) is 8.68. The lowest BCUT2D eigenvalue weighted by atomic mass is 10.0. The monoisotopic (exact) mass is 312 g/mol. The lowest BCUT2D eigenvalue weighted by Crippen LogP contribution is -2.13. The summed E-state index contributed by atoms with van der Waals surface area (Å²) in [4.78, 5) is 22.4. The van der Waals surface area contributed by atoms with E-state index in [-0.39, 0.29) is 11.8 Å². The van der Waals surface area contributed by atoms with Gasteiger partial charge in [-0.25, -0.2) is 0 Å². The van der Waals surface area contributed by atoms with Gasteiger partial charge in [-0.3, -0.25) is 9.59 Å². The van der Waals surface area contributed by atoms with Gasteiger partial charge in [-0.1, -0.05) is 0 Å². The second kappa shape index (κ2) is 5.52. The van der Waals surface area contributed by atoms with Gasteiger partial charge in [0.2, 0.25) is 11.8 Å². The Labute approximate surface area is 115 Å². The molecule has 5 heteroatoms. The van der Waals surface area contributed by atoms with Crippen molar-refractivity contribution in [1.29, 1.82) is 0 Å². The highest BCUT2D eigenvalue weighted by Gasteiger charge is 2.17. The van der Waals surface area contributed by atoms with Crippen molar-refractivity contribution < 1.29 is 9.59 Å². The van der Waals surface area contributed by atoms with Crippen LogP contribution in [0.1, 0.15) is 30.5 Å². The van der Waals surface area contributed by atoms with E-state index in [0.29, 0.717) is 0 Å². The third-order valence-electron chi connectivity index (χ3n) is 2.84. The Kier molecular flexibility index (Phi) is 4.51. The highest BCUT2D eigenvalue weighted by molar-refractivity contribution is 9.10. The maximum Gasteiger partial charge on any atom is 0.221 e. The van der Waals surface area contributed by atoms with Crippen LogP contribution < -0.4 is 10.6 Å². The summed E-state index contributed by atoms with van der Waals surface area (Å²) in [5, 5.41) is 5.63. The number of rotatable bonds is 2. The molecule has 0 aromatic heterocycles. The van der Waals surface area contributed by atoms with Crippen molar-refractivity contribution in [2.24, 2.45) is 0 Å². The van der Waals surface area contributed by atoms with Crippen LogP contribution >= 0.6 is 15.9 Å². The van der Waals surface area contributed by atoms with Gasteiger partial charge >= 0.3 is 0 Å². The summed E-state index contributed by atoms with van der Waals surface area (Å²) in [7, 11) is 0. The van der Waals surface area contributed by atoms with Gasteiger partial charge in [0.1, 0.15) is 0 Å². The van der Waals surface area contributed by atoms with Crippen molar-refractivity contribution in [2.45, 2.75) is 34.6 Å². The normalized spacial score (nSPS) is 10.1. The molecule has 0 heterocycles. The molecule has 1 aromatic carbocycles. The van der Waals surface area contributed by atoms with Crippen molar-refractivity contribution in [2.75, 3.05) is 10.6 Å². The van der Waals surface area contributed by atoms with E-state index in [2.05, 4.69) is 26.6 Å². The number of benzene rings is 1. The zero-order chi connectivity index (χ0) is 14.0. The molecule has 4 nitrogen and oxygen atoms in total. The lowest BCUT2D eigenvalue weighted by molar-refractivity contribution is -0.115. The fourth-order valence-electron chi connectivity index (χ4n) is 1.81. The number of halogens is 1. The second-order valence-electron chi connectivity index (χ2n) is 4.30. The molecule has 0 saturated carbocycles. The molecule has 1 aromatic rings. The van der Waals surface area contributed by atoms with Gasteiger partial charge in [0.05, 0.1) is 5.69 Å². The third-order valence-corrected chi connectivity index (χ3v) is 3.83. The lowest BCUT2D eigenvalue weighted by Gasteiger charge is -2.19. The predicted molar refractivity (Wildman–Crippen MR) is 77.0 cm³/mol. The molecule has 0 aliphatic rings. The minimum atomic E-state index is -0.120. The number of carbonyl (C=O) groups excluding carboxylic acids is 2. The molecule has 0 fully saturated rings. The summed E-state index contributed by atoms with van der Waals surface area (Å²) >= 11 is 3.47. The molecule has 1 rings (SSSR count). The molecule has 2 N–H and O–H groups in total. The molecule has 0 radical (unpaired) electrons. The molecule has 0 atom stereocenters. The SMILES string of the molecule is CC(=O)Nc1c(C)c(C)c(NC(C)=O)c(Br)c1C. The second-order valence-corrected chi connectivity index (χ2v) is 5.09. The average molecular weight is 313 g/mol. The Balaban J connectivity index is 3.44. The van der Waals surface area contributed by atoms with Crippen molar-refractivity contribution in [1.82, 2.24) is 0 Å². The Morgan fingerprint density at radius 1 is 0.833 bits per heavy atom. The maximum atomic E-state index is 11.2. The molecule has 0 unspecified atom stereocenters. The first-order valence-electron chi connectivity index (χ1n) is 5.60. The maximum absolute atomic E-state index is 11.2. The van der Waals surface area contributed by atoms with Crippen LogP contribution in [0, 0.1) is 20.8 Å². The fraction of sp³-hybridized carbons (Fsp3) is 0.385. The highest BCUT2D eigenvalue weighted by atomic mass is 79.9. The highest BCUT2D eigenvalue weighted by Crippen LogP contribution is 2.38. The van der Waals surface area contributed by atoms with Gasteiger partial charge in [0, 0.05) is 24.0 Å². The van der Waals surface area contributed by atoms with Crippen LogP contribution in [0.25, 0.3) is 0 Å². The van der Waals surface area contributed by atoms with Gasteiger partial charge in [0.15, 0.2) is 0 Å². The van der Waals surface area contributed by atoms with E-state index in [4.69, 9.17) is 0 Å². The van der Waals surface area contributed by atoms with E-state index in [1.807, 2.05) is 20.8 Å². The quantitative estimate of drug-likeness (QED) is 0.880. The van der Waals surface area contributed by atoms with Crippen LogP contribution in [0.15, 0.2) is 4.47 Å². The van der Waals surface area contributed by atoms with Crippen molar-refractivity contribution >= 4 is 39.1 Å². The summed E-state index contributed by atoms with van der Waals surface area (Å²) in [5.74, 6) is -0.232. The van der Waals surface area contributed by atoms with Crippen LogP contribution in [0.5, 0.6) is 0 Å². The van der Waals surface area contributed by atoms with E-state index in [1.165, 1.54) is 13.8 Å². The van der Waals surface area contributed by atoms with Gasteiger partial charge < -0.3 is 10.6 Å². The number of hydrogen-bond acceptors (Lipinski definition) is 2. The van der Waals surface area contributed by atoms with Crippen LogP contribution in [0.4, 0.5) is 11.4 Å². The van der Waals surface area contributed by atoms with E-state index < -0.39 is 0 Å². The molecule has 0 spiro atoms. The van der Waals surface area contributed by atoms with E-state index in [1.54, 1.807) is 0 Å². The summed E-state index contributed by atoms with van der Waals surface area (Å²) in [6.07, 6.45) is 0. The molecular weight excluding hydrogens is 296 g/mol. The van der Waals surface area contributed by atoms with Gasteiger partial charge in [-0.2, -0.15) is 0 Å². The number of anilines is 2. The number of amides is 2. The first-order chi connectivity index (χ1) is 8.25. The van der Waals surface area contributed by atoms with Crippen LogP contribution in [-0.4, -0.2) is 11.8 Å². The van der Waals surface area contributed by atoms with E-state index >= 15 is 0 Å². The fourth-order valence-corrected chi connectivity index (χ4v) is 2.40. The Hall–Kier alpha value is -1.36. The smallest absolute Gasteiger partial charge is 0.221 e. The van der Waals surface area contributed by atoms with Gasteiger partial charge in [-0.05, 0) is 53.4 Å². The van der Waals surface area contributed by atoms with E-state index in [9.17, 15) is 9.59 Å². The number of hydrogen-bond donors (Lipinski definition) is 2. The van der Waals surface area contributed by atoms with Gasteiger partial charge in [-0.15, -0.1) is 0 Å². The minimum absolute atomic E-state index is 0.111. The first-order valence-corrected chi connectivity index (χ1v) is 6.39. The largest absolute Gasteiger partial charge is 0.326 e. The molecule has 2 amide bonds. The van der Waals surface area contributed by atoms with Crippen LogP contribution in [-0.2, 0) is 9.59 Å². The molecule has 0 bridgehead atoms. The molecule has 0 saturated heterocycles. The molecular formula is C13H17BrN2O2. The molecule has 98 valence electrons. The third kappa shape index (κ3) is 2.90. The Morgan fingerprint density at radius 2 is 1.22 bits per heavy atom. The summed E-state index contributed by atoms with van der Waals surface area (Å²) in [5.41, 5.74) is 4.34. The predicted octanol–water partition coefficient (Wildman–Crippen LogP) is 3.29. The first kappa shape index (κ1) is 14.7. The Bertz CT molecular complexity index is 448. The van der Waals surface area contributed by atoms with Crippen molar-refractivity contribution in [3.63, 3.8) is 0 Å². The van der Waals surface area contributed by atoms with Gasteiger partial charge in [0.25, 0.3) is 0 Å². The molecule has 0 aliphatic carbocycles. The summed E-state index contributed by atoms with van der Waals surface area (Å²) in [6, 6.07) is 0. The van der Waals surface area contributed by atoms with Crippen molar-refractivity contribution in [3.05, 3.63) is 21.2 Å². The zero-order valence-corrected chi connectivity index (χ0v) is 12.8. The minimum Gasteiger partial charge on any atom is -0.326 e. The van der Waals surface area contributed by atoms with Crippen molar-refractivity contribution in [3.8, 4) is 0 Å². The topological polar surface area (TPSA) is 58.2 Å². The number of nitrogens with one attached hydrogen (secondary N) is 2.